The highest BCUT2D eigenvalue weighted by atomic mass is 32.2. The summed E-state index contributed by atoms with van der Waals surface area (Å²) in [5.74, 6) is 2.21. The standard InChI is InChI=1S/C20H26S2/c1-17(21-15-18-10-6-4-7-11-18)14-20(2,3)22-16-19-12-8-5-9-13-19/h4-13,17H,14-16H2,1-3H3. The summed E-state index contributed by atoms with van der Waals surface area (Å²) in [7, 11) is 0. The van der Waals surface area contributed by atoms with Crippen LogP contribution < -0.4 is 0 Å². The summed E-state index contributed by atoms with van der Waals surface area (Å²) in [6, 6.07) is 21.5. The van der Waals surface area contributed by atoms with Crippen molar-refractivity contribution in [1.82, 2.24) is 0 Å². The van der Waals surface area contributed by atoms with Crippen LogP contribution in [0.5, 0.6) is 0 Å². The maximum atomic E-state index is 2.38. The second kappa shape index (κ2) is 8.69. The van der Waals surface area contributed by atoms with Crippen molar-refractivity contribution in [2.24, 2.45) is 0 Å². The van der Waals surface area contributed by atoms with E-state index in [1.54, 1.807) is 0 Å². The molecule has 0 aromatic heterocycles. The fourth-order valence-corrected chi connectivity index (χ4v) is 4.90. The minimum Gasteiger partial charge on any atom is -0.154 e. The minimum absolute atomic E-state index is 0.318. The van der Waals surface area contributed by atoms with Crippen LogP contribution in [-0.2, 0) is 11.5 Å². The van der Waals surface area contributed by atoms with Crippen LogP contribution in [0.3, 0.4) is 0 Å². The average Bonchev–Trinajstić information content (AvgIpc) is 2.53. The molecule has 0 fully saturated rings. The highest BCUT2D eigenvalue weighted by Gasteiger charge is 2.22. The van der Waals surface area contributed by atoms with Gasteiger partial charge in [0.25, 0.3) is 0 Å². The molecule has 22 heavy (non-hydrogen) atoms. The van der Waals surface area contributed by atoms with Crippen LogP contribution in [0.15, 0.2) is 60.7 Å². The van der Waals surface area contributed by atoms with Crippen molar-refractivity contribution >= 4 is 23.5 Å². The predicted octanol–water partition coefficient (Wildman–Crippen LogP) is 6.41. The van der Waals surface area contributed by atoms with Gasteiger partial charge in [-0.15, -0.1) is 0 Å². The summed E-state index contributed by atoms with van der Waals surface area (Å²) < 4.78 is 0.318. The zero-order chi connectivity index (χ0) is 15.8. The van der Waals surface area contributed by atoms with Gasteiger partial charge >= 0.3 is 0 Å². The van der Waals surface area contributed by atoms with Gasteiger partial charge in [0.15, 0.2) is 0 Å². The number of hydrogen-bond acceptors (Lipinski definition) is 2. The number of thioether (sulfide) groups is 2. The van der Waals surface area contributed by atoms with Crippen LogP contribution in [0, 0.1) is 0 Å². The molecule has 1 atom stereocenters. The molecular weight excluding hydrogens is 304 g/mol. The normalized spacial score (nSPS) is 13.0. The fraction of sp³-hybridized carbons (Fsp3) is 0.400. The quantitative estimate of drug-likeness (QED) is 0.548. The van der Waals surface area contributed by atoms with E-state index in [9.17, 15) is 0 Å². The van der Waals surface area contributed by atoms with Crippen LogP contribution in [0.2, 0.25) is 0 Å². The summed E-state index contributed by atoms with van der Waals surface area (Å²) in [5.41, 5.74) is 2.85. The molecule has 0 heterocycles. The Balaban J connectivity index is 1.75. The summed E-state index contributed by atoms with van der Waals surface area (Å²) in [6.07, 6.45) is 1.24. The lowest BCUT2D eigenvalue weighted by atomic mass is 10.1. The molecule has 0 spiro atoms. The van der Waals surface area contributed by atoms with Crippen molar-refractivity contribution in [3.8, 4) is 0 Å². The molecule has 0 bridgehead atoms. The van der Waals surface area contributed by atoms with Gasteiger partial charge in [-0.25, -0.2) is 0 Å². The molecule has 118 valence electrons. The van der Waals surface area contributed by atoms with Crippen LogP contribution in [0.25, 0.3) is 0 Å². The van der Waals surface area contributed by atoms with Crippen LogP contribution in [-0.4, -0.2) is 10.00 Å². The Hall–Kier alpha value is -0.860. The Labute approximate surface area is 144 Å². The molecule has 0 radical (unpaired) electrons. The molecule has 2 heteroatoms. The Morgan fingerprint density at radius 1 is 0.818 bits per heavy atom. The maximum absolute atomic E-state index is 2.38. The summed E-state index contributed by atoms with van der Waals surface area (Å²) >= 11 is 4.13. The number of hydrogen-bond donors (Lipinski definition) is 0. The van der Waals surface area contributed by atoms with Crippen molar-refractivity contribution in [2.75, 3.05) is 0 Å². The Kier molecular flexibility index (Phi) is 6.91. The van der Waals surface area contributed by atoms with E-state index < -0.39 is 0 Å². The molecule has 0 aliphatic heterocycles. The van der Waals surface area contributed by atoms with E-state index in [4.69, 9.17) is 0 Å². The Morgan fingerprint density at radius 3 is 1.86 bits per heavy atom. The minimum atomic E-state index is 0.318. The van der Waals surface area contributed by atoms with Crippen LogP contribution in [0.4, 0.5) is 0 Å². The van der Waals surface area contributed by atoms with Gasteiger partial charge < -0.3 is 0 Å². The fourth-order valence-electron chi connectivity index (χ4n) is 2.48. The third-order valence-electron chi connectivity index (χ3n) is 3.63. The second-order valence-electron chi connectivity index (χ2n) is 6.35. The molecule has 0 amide bonds. The molecule has 0 N–H and O–H groups in total. The van der Waals surface area contributed by atoms with Crippen LogP contribution in [0.1, 0.15) is 38.3 Å². The largest absolute Gasteiger partial charge is 0.154 e. The topological polar surface area (TPSA) is 0 Å². The van der Waals surface area contributed by atoms with Gasteiger partial charge in [0.1, 0.15) is 0 Å². The maximum Gasteiger partial charge on any atom is 0.0189 e. The van der Waals surface area contributed by atoms with Crippen molar-refractivity contribution in [1.29, 1.82) is 0 Å². The molecule has 0 aliphatic carbocycles. The van der Waals surface area contributed by atoms with Gasteiger partial charge in [-0.05, 0) is 17.5 Å². The monoisotopic (exact) mass is 330 g/mol. The molecule has 0 nitrogen and oxygen atoms in total. The van der Waals surface area contributed by atoms with E-state index in [0.29, 0.717) is 10.00 Å². The second-order valence-corrected chi connectivity index (χ2v) is 9.45. The smallest absolute Gasteiger partial charge is 0.0189 e. The summed E-state index contributed by atoms with van der Waals surface area (Å²) in [5, 5.41) is 0.679. The lowest BCUT2D eigenvalue weighted by Gasteiger charge is -2.27. The van der Waals surface area contributed by atoms with Crippen molar-refractivity contribution in [3.05, 3.63) is 71.8 Å². The van der Waals surface area contributed by atoms with Gasteiger partial charge in [0.2, 0.25) is 0 Å². The van der Waals surface area contributed by atoms with Gasteiger partial charge in [0, 0.05) is 21.5 Å². The first kappa shape index (κ1) is 17.5. The third kappa shape index (κ3) is 6.50. The molecular formula is C20H26S2. The van der Waals surface area contributed by atoms with Crippen molar-refractivity contribution in [2.45, 2.75) is 48.7 Å². The van der Waals surface area contributed by atoms with E-state index >= 15 is 0 Å². The van der Waals surface area contributed by atoms with Crippen LogP contribution >= 0.6 is 23.5 Å². The summed E-state index contributed by atoms with van der Waals surface area (Å²) in [6.45, 7) is 7.11. The van der Waals surface area contributed by atoms with E-state index in [1.807, 2.05) is 0 Å². The van der Waals surface area contributed by atoms with Gasteiger partial charge in [-0.2, -0.15) is 23.5 Å². The SMILES string of the molecule is CC(CC(C)(C)SCc1ccccc1)SCc1ccccc1. The zero-order valence-corrected chi connectivity index (χ0v) is 15.4. The molecule has 2 aromatic rings. The first-order valence-electron chi connectivity index (χ1n) is 7.88. The molecule has 0 aliphatic rings. The Bertz CT molecular complexity index is 534. The van der Waals surface area contributed by atoms with Crippen molar-refractivity contribution < 1.29 is 0 Å². The van der Waals surface area contributed by atoms with E-state index in [-0.39, 0.29) is 0 Å². The lowest BCUT2D eigenvalue weighted by Crippen LogP contribution is -2.20. The van der Waals surface area contributed by atoms with E-state index in [1.165, 1.54) is 17.5 Å². The first-order valence-corrected chi connectivity index (χ1v) is 9.92. The number of rotatable bonds is 8. The average molecular weight is 331 g/mol. The van der Waals surface area contributed by atoms with Gasteiger partial charge in [0.05, 0.1) is 0 Å². The zero-order valence-electron chi connectivity index (χ0n) is 13.8. The molecule has 2 aromatic carbocycles. The van der Waals surface area contributed by atoms with E-state index in [0.717, 1.165) is 11.5 Å². The predicted molar refractivity (Wildman–Crippen MR) is 104 cm³/mol. The first-order chi connectivity index (χ1) is 10.6. The van der Waals surface area contributed by atoms with Crippen molar-refractivity contribution in [3.63, 3.8) is 0 Å². The highest BCUT2D eigenvalue weighted by molar-refractivity contribution is 8.00. The summed E-state index contributed by atoms with van der Waals surface area (Å²) in [4.78, 5) is 0. The van der Waals surface area contributed by atoms with E-state index in [2.05, 4.69) is 105 Å². The third-order valence-corrected chi connectivity index (χ3v) is 6.29. The highest BCUT2D eigenvalue weighted by Crippen LogP contribution is 2.35. The van der Waals surface area contributed by atoms with Gasteiger partial charge in [-0.3, -0.25) is 0 Å². The molecule has 0 saturated heterocycles. The lowest BCUT2D eigenvalue weighted by molar-refractivity contribution is 0.636. The molecule has 1 unspecified atom stereocenters. The molecule has 0 saturated carbocycles. The molecule has 2 rings (SSSR count). The Morgan fingerprint density at radius 2 is 1.32 bits per heavy atom. The van der Waals surface area contributed by atoms with Gasteiger partial charge in [-0.1, -0.05) is 81.4 Å². The number of benzene rings is 2.